The third-order valence-electron chi connectivity index (χ3n) is 0. The maximum atomic E-state index is 8.63. The van der Waals surface area contributed by atoms with Gasteiger partial charge in [-0.05, 0) is 0 Å². The molecule has 0 aromatic carbocycles. The van der Waals surface area contributed by atoms with Crippen molar-refractivity contribution < 1.29 is 53.6 Å². The van der Waals surface area contributed by atoms with Crippen molar-refractivity contribution >= 4 is 20.8 Å². The van der Waals surface area contributed by atoms with E-state index >= 15 is 0 Å². The van der Waals surface area contributed by atoms with Gasteiger partial charge in [-0.1, -0.05) is 0 Å². The van der Waals surface area contributed by atoms with Crippen LogP contribution in [-0.2, 0) is 39.4 Å². The maximum Gasteiger partial charge on any atom is 0.215 e. The van der Waals surface area contributed by atoms with E-state index in [0.29, 0.717) is 0 Å². The molecule has 0 aliphatic heterocycles. The van der Waals surface area contributed by atoms with Gasteiger partial charge in [-0.15, -0.1) is 0 Å². The molecule has 9 nitrogen and oxygen atoms in total. The summed E-state index contributed by atoms with van der Waals surface area (Å²) in [5, 5.41) is 0. The molecule has 0 fully saturated rings. The number of hydrogen-bond donors (Lipinski definition) is 2. The molecule has 0 saturated heterocycles. The van der Waals surface area contributed by atoms with E-state index in [0.717, 1.165) is 0 Å². The molecule has 1 radical (unpaired) electrons. The molecule has 77 valence electrons. The molecule has 0 heterocycles. The van der Waals surface area contributed by atoms with E-state index < -0.39 is 20.8 Å². The summed E-state index contributed by atoms with van der Waals surface area (Å²) >= 11 is 0. The summed E-state index contributed by atoms with van der Waals surface area (Å²) in [6.45, 7) is 0. The van der Waals surface area contributed by atoms with Crippen LogP contribution >= 0.6 is 0 Å². The molecular weight excluding hydrogens is 257 g/mol. The van der Waals surface area contributed by atoms with Crippen LogP contribution in [0.3, 0.4) is 0 Å². The van der Waals surface area contributed by atoms with Crippen molar-refractivity contribution in [3.8, 4) is 0 Å². The van der Waals surface area contributed by atoms with Gasteiger partial charge in [0, 0.05) is 29.0 Å². The van der Waals surface area contributed by atoms with E-state index in [4.69, 9.17) is 35.0 Å². The second-order valence-corrected chi connectivity index (χ2v) is 2.51. The van der Waals surface area contributed by atoms with E-state index in [1.54, 1.807) is 0 Å². The summed E-state index contributed by atoms with van der Waals surface area (Å²) in [5.74, 6) is 0. The second-order valence-electron chi connectivity index (χ2n) is 0.836. The fourth-order valence-electron chi connectivity index (χ4n) is 0. The van der Waals surface area contributed by atoms with E-state index in [1.165, 1.54) is 0 Å². The Morgan fingerprint density at radius 3 is 0.917 bits per heavy atom. The van der Waals surface area contributed by atoms with Gasteiger partial charge in [0.25, 0.3) is 0 Å². The molecule has 0 amide bonds. The molecule has 0 aliphatic rings. The third kappa shape index (κ3) is 11000. The van der Waals surface area contributed by atoms with Crippen LogP contribution in [-0.4, -0.2) is 35.0 Å². The van der Waals surface area contributed by atoms with Crippen molar-refractivity contribution in [1.82, 2.24) is 6.15 Å². The number of rotatable bonds is 0. The summed E-state index contributed by atoms with van der Waals surface area (Å²) < 4.78 is 66.9. The summed E-state index contributed by atoms with van der Waals surface area (Å²) in [7, 11) is -10.1. The van der Waals surface area contributed by atoms with Crippen molar-refractivity contribution in [1.29, 1.82) is 0 Å². The Kier molecular flexibility index (Phi) is 15.0. The molecular formula is H4NO8S2V-3. The van der Waals surface area contributed by atoms with Gasteiger partial charge in [-0.25, -0.2) is 8.42 Å². The predicted octanol–water partition coefficient (Wildman–Crippen LogP) is -2.17. The summed E-state index contributed by atoms with van der Waals surface area (Å²) in [5.41, 5.74) is 0. The molecule has 0 saturated carbocycles. The van der Waals surface area contributed by atoms with Crippen LogP contribution in [0.2, 0.25) is 0 Å². The van der Waals surface area contributed by atoms with Crippen LogP contribution in [0, 0.1) is 0 Å². The maximum absolute atomic E-state index is 8.63. The van der Waals surface area contributed by atoms with E-state index in [2.05, 4.69) is 0 Å². The van der Waals surface area contributed by atoms with Gasteiger partial charge >= 0.3 is 0 Å². The third-order valence-corrected chi connectivity index (χ3v) is 0. The molecule has 0 aromatic rings. The zero-order valence-electron chi connectivity index (χ0n) is 5.28. The summed E-state index contributed by atoms with van der Waals surface area (Å²) in [6.07, 6.45) is 0. The van der Waals surface area contributed by atoms with Crippen LogP contribution in [0.1, 0.15) is 0 Å². The van der Waals surface area contributed by atoms with Crippen molar-refractivity contribution in [2.75, 3.05) is 0 Å². The first-order valence-corrected chi connectivity index (χ1v) is 4.05. The van der Waals surface area contributed by atoms with E-state index in [-0.39, 0.29) is 24.7 Å². The van der Waals surface area contributed by atoms with Crippen LogP contribution in [0.4, 0.5) is 0 Å². The predicted molar refractivity (Wildman–Crippen MR) is 27.8 cm³/mol. The Bertz CT molecular complexity index is 213. The van der Waals surface area contributed by atoms with Crippen molar-refractivity contribution in [2.45, 2.75) is 0 Å². The molecule has 0 aromatic heterocycles. The fourth-order valence-corrected chi connectivity index (χ4v) is 0. The molecule has 0 bridgehead atoms. The Labute approximate surface area is 80.8 Å². The standard InChI is InChI=1S/H3N.2H2O4S.V/c;2*1-5(2,3)4;/h1H3;2*(H2,1,2,3,4);/p-3. The van der Waals surface area contributed by atoms with Gasteiger partial charge in [-0.3, -0.25) is 13.0 Å². The summed E-state index contributed by atoms with van der Waals surface area (Å²) in [6, 6.07) is 0. The Hall–Kier alpha value is 0.284. The molecule has 0 spiro atoms. The van der Waals surface area contributed by atoms with Crippen LogP contribution < -0.4 is 6.15 Å². The first kappa shape index (κ1) is 22.8. The minimum Gasteiger partial charge on any atom is -0.759 e. The molecule has 0 unspecified atom stereocenters. The van der Waals surface area contributed by atoms with Gasteiger partial charge in [0.05, 0.1) is 0 Å². The first-order chi connectivity index (χ1) is 4.00. The Balaban J connectivity index is -0.0000000457. The molecule has 12 heteroatoms. The summed E-state index contributed by atoms with van der Waals surface area (Å²) in [4.78, 5) is 0. The Morgan fingerprint density at radius 1 is 0.917 bits per heavy atom. The van der Waals surface area contributed by atoms with Gasteiger partial charge in [-0.2, -0.15) is 0 Å². The Morgan fingerprint density at radius 2 is 0.917 bits per heavy atom. The normalized spacial score (nSPS) is 9.67. The van der Waals surface area contributed by atoms with Gasteiger partial charge < -0.3 is 19.8 Å². The van der Waals surface area contributed by atoms with Crippen molar-refractivity contribution in [2.24, 2.45) is 0 Å². The van der Waals surface area contributed by atoms with Crippen LogP contribution in [0.25, 0.3) is 0 Å². The number of hydrogen-bond acceptors (Lipinski definition) is 8. The second kappa shape index (κ2) is 7.91. The van der Waals surface area contributed by atoms with Gasteiger partial charge in [0.2, 0.25) is 10.4 Å². The molecule has 0 rings (SSSR count). The van der Waals surface area contributed by atoms with Crippen molar-refractivity contribution in [3.05, 3.63) is 0 Å². The van der Waals surface area contributed by atoms with Gasteiger partial charge in [0.1, 0.15) is 0 Å². The zero-order chi connectivity index (χ0) is 9.00. The molecule has 12 heavy (non-hydrogen) atoms. The quantitative estimate of drug-likeness (QED) is 0.360. The van der Waals surface area contributed by atoms with Crippen molar-refractivity contribution in [3.63, 3.8) is 0 Å². The van der Waals surface area contributed by atoms with Crippen LogP contribution in [0.5, 0.6) is 0 Å². The fraction of sp³-hybridized carbons (Fsp3) is 0. The van der Waals surface area contributed by atoms with Gasteiger partial charge in [0.15, 0.2) is 0 Å². The monoisotopic (exact) mass is 261 g/mol. The largest absolute Gasteiger partial charge is 0.759 e. The average molecular weight is 261 g/mol. The minimum atomic E-state index is -5.17. The topological polar surface area (TPSA) is 193 Å². The molecule has 4 N–H and O–H groups in total. The van der Waals surface area contributed by atoms with E-state index in [1.807, 2.05) is 0 Å². The smallest absolute Gasteiger partial charge is 0.215 e. The van der Waals surface area contributed by atoms with Crippen LogP contribution in [0.15, 0.2) is 0 Å². The molecule has 0 atom stereocenters. The average Bonchev–Trinajstić information content (AvgIpc) is 1.12. The zero-order valence-corrected chi connectivity index (χ0v) is 8.31. The molecule has 0 aliphatic carbocycles. The SMILES string of the molecule is N.O=S(=O)([O-])O.O=S(=O)([O-])[O-].[V]. The first-order valence-electron chi connectivity index (χ1n) is 1.35. The van der Waals surface area contributed by atoms with E-state index in [9.17, 15) is 0 Å². The minimum absolute atomic E-state index is 0.